The number of allylic oxidation sites excluding steroid dienone is 3. The molecule has 0 saturated carbocycles. The highest BCUT2D eigenvalue weighted by atomic mass is 32.2. The molecule has 0 bridgehead atoms. The minimum absolute atomic E-state index is 0.811. The van der Waals surface area contributed by atoms with Gasteiger partial charge < -0.3 is 0 Å². The van der Waals surface area contributed by atoms with Gasteiger partial charge in [-0.2, -0.15) is 0 Å². The molecule has 0 spiro atoms. The summed E-state index contributed by atoms with van der Waals surface area (Å²) in [5, 5.41) is 0.811. The van der Waals surface area contributed by atoms with Crippen LogP contribution in [0.25, 0.3) is 4.91 Å². The Morgan fingerprint density at radius 3 is 2.89 bits per heavy atom. The Hall–Kier alpha value is -0.950. The first-order valence-electron chi connectivity index (χ1n) is 6.92. The van der Waals surface area contributed by atoms with E-state index in [0.29, 0.717) is 0 Å². The monoisotopic (exact) mass is 256 g/mol. The lowest BCUT2D eigenvalue weighted by Gasteiger charge is -2.24. The van der Waals surface area contributed by atoms with Crippen molar-refractivity contribution in [2.45, 2.75) is 37.9 Å². The predicted octanol–water partition coefficient (Wildman–Crippen LogP) is 5.20. The molecule has 1 aromatic carbocycles. The molecule has 1 aliphatic carbocycles. The molecule has 0 aromatic heterocycles. The minimum atomic E-state index is 0.811. The number of rotatable bonds is 2. The van der Waals surface area contributed by atoms with Crippen molar-refractivity contribution in [3.63, 3.8) is 0 Å². The summed E-state index contributed by atoms with van der Waals surface area (Å²) in [6.45, 7) is 2.17. The highest BCUT2D eigenvalue weighted by molar-refractivity contribution is 8.09. The maximum absolute atomic E-state index is 2.45. The Labute approximate surface area is 114 Å². The lowest BCUT2D eigenvalue weighted by molar-refractivity contribution is 0.464. The fourth-order valence-corrected chi connectivity index (χ4v) is 4.32. The molecule has 2 aliphatic rings. The molecule has 94 valence electrons. The third-order valence-corrected chi connectivity index (χ3v) is 5.49. The number of hydrogen-bond acceptors (Lipinski definition) is 1. The number of thioether (sulfide) groups is 1. The van der Waals surface area contributed by atoms with Gasteiger partial charge in [-0.25, -0.2) is 0 Å². The maximum Gasteiger partial charge on any atom is 0.0161 e. The van der Waals surface area contributed by atoms with Crippen LogP contribution < -0.4 is 0 Å². The van der Waals surface area contributed by atoms with Crippen LogP contribution in [0.2, 0.25) is 0 Å². The molecule has 0 nitrogen and oxygen atoms in total. The van der Waals surface area contributed by atoms with Crippen molar-refractivity contribution in [3.8, 4) is 0 Å². The van der Waals surface area contributed by atoms with Crippen molar-refractivity contribution in [2.24, 2.45) is 5.92 Å². The van der Waals surface area contributed by atoms with Crippen LogP contribution in [0.1, 0.15) is 36.8 Å². The van der Waals surface area contributed by atoms with Gasteiger partial charge in [0.25, 0.3) is 0 Å². The molecular weight excluding hydrogens is 236 g/mol. The van der Waals surface area contributed by atoms with Gasteiger partial charge in [0.1, 0.15) is 0 Å². The number of hydrogen-bond donors (Lipinski definition) is 0. The summed E-state index contributed by atoms with van der Waals surface area (Å²) in [6, 6.07) is 8.90. The van der Waals surface area contributed by atoms with Crippen LogP contribution in [-0.4, -0.2) is 5.25 Å². The van der Waals surface area contributed by atoms with Gasteiger partial charge in [-0.3, -0.25) is 0 Å². The van der Waals surface area contributed by atoms with E-state index < -0.39 is 0 Å². The highest BCUT2D eigenvalue weighted by Crippen LogP contribution is 2.45. The molecule has 0 N–H and O–H groups in total. The Balaban J connectivity index is 1.69. The van der Waals surface area contributed by atoms with E-state index in [-0.39, 0.29) is 0 Å². The molecule has 0 saturated heterocycles. The van der Waals surface area contributed by atoms with Crippen LogP contribution in [0, 0.1) is 12.8 Å². The van der Waals surface area contributed by atoms with Crippen molar-refractivity contribution in [2.75, 3.05) is 0 Å². The molecular formula is C17H20S. The zero-order valence-electron chi connectivity index (χ0n) is 10.9. The lowest BCUT2D eigenvalue weighted by Crippen LogP contribution is -2.15. The van der Waals surface area contributed by atoms with Crippen LogP contribution in [0.15, 0.2) is 42.5 Å². The molecule has 0 amide bonds. The molecule has 0 fully saturated rings. The summed E-state index contributed by atoms with van der Waals surface area (Å²) in [5.41, 5.74) is 2.77. The van der Waals surface area contributed by atoms with Crippen molar-refractivity contribution in [1.29, 1.82) is 0 Å². The molecule has 18 heavy (non-hydrogen) atoms. The number of aryl methyl sites for hydroxylation is 1. The fraction of sp³-hybridized carbons (Fsp3) is 0.412. The molecule has 1 aromatic rings. The van der Waals surface area contributed by atoms with Gasteiger partial charge in [0, 0.05) is 10.2 Å². The predicted molar refractivity (Wildman–Crippen MR) is 81.6 cm³/mol. The second-order valence-corrected chi connectivity index (χ2v) is 6.66. The summed E-state index contributed by atoms with van der Waals surface area (Å²) in [7, 11) is 0. The Morgan fingerprint density at radius 2 is 2.11 bits per heavy atom. The first-order valence-corrected chi connectivity index (χ1v) is 7.80. The topological polar surface area (TPSA) is 0 Å². The third kappa shape index (κ3) is 2.56. The normalized spacial score (nSPS) is 27.3. The molecule has 1 aliphatic heterocycles. The summed E-state index contributed by atoms with van der Waals surface area (Å²) < 4.78 is 0. The van der Waals surface area contributed by atoms with Gasteiger partial charge >= 0.3 is 0 Å². The third-order valence-electron chi connectivity index (χ3n) is 3.95. The van der Waals surface area contributed by atoms with E-state index in [2.05, 4.69) is 61.2 Å². The average Bonchev–Trinajstić information content (AvgIpc) is 2.89. The molecule has 2 atom stereocenters. The van der Waals surface area contributed by atoms with E-state index in [0.717, 1.165) is 11.2 Å². The van der Waals surface area contributed by atoms with Gasteiger partial charge in [-0.05, 0) is 44.1 Å². The Kier molecular flexibility index (Phi) is 3.60. The van der Waals surface area contributed by atoms with Gasteiger partial charge in [0.05, 0.1) is 0 Å². The van der Waals surface area contributed by atoms with E-state index in [1.807, 2.05) is 0 Å². The minimum Gasteiger partial charge on any atom is -0.122 e. The SMILES string of the molecule is Cc1cccc(C2=CCC(C3CC=CCC3)S2)c1. The van der Waals surface area contributed by atoms with Gasteiger partial charge in [-0.1, -0.05) is 48.1 Å². The van der Waals surface area contributed by atoms with Gasteiger partial charge in [0.2, 0.25) is 0 Å². The largest absolute Gasteiger partial charge is 0.122 e. The number of benzene rings is 1. The summed E-state index contributed by atoms with van der Waals surface area (Å²) in [5.74, 6) is 0.888. The van der Waals surface area contributed by atoms with Crippen molar-refractivity contribution in [3.05, 3.63) is 53.6 Å². The molecule has 1 heterocycles. The summed E-state index contributed by atoms with van der Waals surface area (Å²) in [6.07, 6.45) is 12.4. The smallest absolute Gasteiger partial charge is 0.0161 e. The van der Waals surface area contributed by atoms with Crippen LogP contribution in [-0.2, 0) is 0 Å². The van der Waals surface area contributed by atoms with Crippen molar-refractivity contribution < 1.29 is 0 Å². The first-order chi connectivity index (χ1) is 8.83. The second-order valence-electron chi connectivity index (χ2n) is 5.37. The average molecular weight is 256 g/mol. The maximum atomic E-state index is 2.45. The Bertz CT molecular complexity index is 484. The quantitative estimate of drug-likeness (QED) is 0.655. The fourth-order valence-electron chi connectivity index (χ4n) is 2.91. The van der Waals surface area contributed by atoms with Crippen molar-refractivity contribution in [1.82, 2.24) is 0 Å². The van der Waals surface area contributed by atoms with Crippen LogP contribution in [0.4, 0.5) is 0 Å². The van der Waals surface area contributed by atoms with Gasteiger partial charge in [0.15, 0.2) is 0 Å². The van der Waals surface area contributed by atoms with Gasteiger partial charge in [-0.15, -0.1) is 11.8 Å². The van der Waals surface area contributed by atoms with Crippen molar-refractivity contribution >= 4 is 16.7 Å². The van der Waals surface area contributed by atoms with Crippen LogP contribution >= 0.6 is 11.8 Å². The first kappa shape index (κ1) is 12.1. The standard InChI is InChI=1S/C17H20S/c1-13-6-5-9-15(12-13)17-11-10-16(18-17)14-7-3-2-4-8-14/h2-3,5-6,9,11-12,14,16H,4,7-8,10H2,1H3. The highest BCUT2D eigenvalue weighted by Gasteiger charge is 2.27. The molecule has 2 unspecified atom stereocenters. The molecule has 3 rings (SSSR count). The van der Waals surface area contributed by atoms with E-state index in [1.54, 1.807) is 0 Å². The Morgan fingerprint density at radius 1 is 1.17 bits per heavy atom. The lowest BCUT2D eigenvalue weighted by atomic mass is 9.90. The zero-order valence-corrected chi connectivity index (χ0v) is 11.7. The van der Waals surface area contributed by atoms with E-state index >= 15 is 0 Å². The van der Waals surface area contributed by atoms with Crippen LogP contribution in [0.3, 0.4) is 0 Å². The molecule has 0 radical (unpaired) electrons. The zero-order chi connectivity index (χ0) is 12.4. The summed E-state index contributed by atoms with van der Waals surface area (Å²) >= 11 is 2.11. The molecule has 1 heteroatoms. The van der Waals surface area contributed by atoms with Crippen LogP contribution in [0.5, 0.6) is 0 Å². The van der Waals surface area contributed by atoms with E-state index in [9.17, 15) is 0 Å². The summed E-state index contributed by atoms with van der Waals surface area (Å²) in [4.78, 5) is 1.50. The van der Waals surface area contributed by atoms with E-state index in [4.69, 9.17) is 0 Å². The second kappa shape index (κ2) is 5.36. The van der Waals surface area contributed by atoms with E-state index in [1.165, 1.54) is 41.7 Å².